The standard InChI is InChI=1S/C15H22F3NO7S/c1-14(2,3)25-13(22)19-11-8-10(26-27(23,24)15(16,17)18)6-4-9(11)5-7-12(20)21/h8-9,11H,4-7H2,1-3H3,(H,19,22)(H,20,21)/t9?,11-/m1/s1. The van der Waals surface area contributed by atoms with E-state index < -0.39 is 51.0 Å². The highest BCUT2D eigenvalue weighted by Gasteiger charge is 2.49. The molecule has 0 aromatic rings. The van der Waals surface area contributed by atoms with Crippen molar-refractivity contribution in [2.45, 2.75) is 63.6 Å². The Bertz CT molecular complexity index is 695. The van der Waals surface area contributed by atoms with Crippen molar-refractivity contribution in [1.29, 1.82) is 0 Å². The van der Waals surface area contributed by atoms with E-state index in [4.69, 9.17) is 9.84 Å². The molecule has 1 unspecified atom stereocenters. The van der Waals surface area contributed by atoms with Crippen molar-refractivity contribution in [3.05, 3.63) is 11.8 Å². The Morgan fingerprint density at radius 2 is 1.89 bits per heavy atom. The molecule has 8 nitrogen and oxygen atoms in total. The number of allylic oxidation sites excluding steroid dienone is 1. The van der Waals surface area contributed by atoms with Crippen LogP contribution >= 0.6 is 0 Å². The second-order valence-electron chi connectivity index (χ2n) is 7.02. The van der Waals surface area contributed by atoms with Gasteiger partial charge in [0.2, 0.25) is 0 Å². The Kier molecular flexibility index (Phi) is 7.14. The summed E-state index contributed by atoms with van der Waals surface area (Å²) in [5, 5.41) is 11.2. The van der Waals surface area contributed by atoms with E-state index in [1.165, 1.54) is 0 Å². The van der Waals surface area contributed by atoms with Gasteiger partial charge in [-0.2, -0.15) is 21.6 Å². The molecule has 1 aliphatic rings. The number of carbonyl (C=O) groups is 2. The maximum absolute atomic E-state index is 12.5. The molecule has 0 saturated carbocycles. The molecule has 0 radical (unpaired) electrons. The van der Waals surface area contributed by atoms with Gasteiger partial charge in [0.1, 0.15) is 11.4 Å². The fraction of sp³-hybridized carbons (Fsp3) is 0.733. The molecule has 1 aliphatic carbocycles. The summed E-state index contributed by atoms with van der Waals surface area (Å²) in [6.45, 7) is 4.82. The number of hydrogen-bond acceptors (Lipinski definition) is 6. The van der Waals surface area contributed by atoms with E-state index in [2.05, 4.69) is 9.50 Å². The fourth-order valence-electron chi connectivity index (χ4n) is 2.42. The molecular formula is C15H22F3NO7S. The van der Waals surface area contributed by atoms with Crippen molar-refractivity contribution in [1.82, 2.24) is 5.32 Å². The topological polar surface area (TPSA) is 119 Å². The predicted molar refractivity (Wildman–Crippen MR) is 86.9 cm³/mol. The average molecular weight is 417 g/mol. The quantitative estimate of drug-likeness (QED) is 0.504. The predicted octanol–water partition coefficient (Wildman–Crippen LogP) is 2.90. The van der Waals surface area contributed by atoms with Crippen molar-refractivity contribution in [2.24, 2.45) is 5.92 Å². The van der Waals surface area contributed by atoms with Crippen LogP contribution in [0.15, 0.2) is 11.8 Å². The van der Waals surface area contributed by atoms with E-state index in [0.717, 1.165) is 6.08 Å². The molecule has 12 heteroatoms. The van der Waals surface area contributed by atoms with Gasteiger partial charge < -0.3 is 19.3 Å². The first-order chi connectivity index (χ1) is 12.1. The maximum atomic E-state index is 12.5. The molecule has 0 aliphatic heterocycles. The van der Waals surface area contributed by atoms with Gasteiger partial charge in [0, 0.05) is 12.8 Å². The highest BCUT2D eigenvalue weighted by molar-refractivity contribution is 7.87. The van der Waals surface area contributed by atoms with Crippen LogP contribution in [0.4, 0.5) is 18.0 Å². The molecule has 1 rings (SSSR count). The number of alkyl halides is 3. The zero-order chi connectivity index (χ0) is 21.0. The third-order valence-corrected chi connectivity index (χ3v) is 4.55. The number of carboxylic acids is 1. The number of amides is 1. The summed E-state index contributed by atoms with van der Waals surface area (Å²) in [6.07, 6.45) is 0.0691. The summed E-state index contributed by atoms with van der Waals surface area (Å²) < 4.78 is 68.9. The second-order valence-corrected chi connectivity index (χ2v) is 8.56. The largest absolute Gasteiger partial charge is 0.534 e. The van der Waals surface area contributed by atoms with Crippen LogP contribution in [-0.4, -0.2) is 42.7 Å². The van der Waals surface area contributed by atoms with Crippen LogP contribution in [0.3, 0.4) is 0 Å². The lowest BCUT2D eigenvalue weighted by molar-refractivity contribution is -0.137. The van der Waals surface area contributed by atoms with Gasteiger partial charge in [-0.3, -0.25) is 4.79 Å². The highest BCUT2D eigenvalue weighted by atomic mass is 32.2. The van der Waals surface area contributed by atoms with Crippen molar-refractivity contribution < 1.29 is 45.2 Å². The van der Waals surface area contributed by atoms with Crippen molar-refractivity contribution in [3.63, 3.8) is 0 Å². The molecule has 0 fully saturated rings. The number of alkyl carbamates (subject to hydrolysis) is 1. The smallest absolute Gasteiger partial charge is 0.481 e. The minimum absolute atomic E-state index is 0.131. The first-order valence-corrected chi connectivity index (χ1v) is 9.44. The van der Waals surface area contributed by atoms with E-state index >= 15 is 0 Å². The van der Waals surface area contributed by atoms with Crippen LogP contribution in [0, 0.1) is 5.92 Å². The molecule has 2 atom stereocenters. The van der Waals surface area contributed by atoms with Crippen molar-refractivity contribution in [2.75, 3.05) is 0 Å². The summed E-state index contributed by atoms with van der Waals surface area (Å²) in [5.41, 5.74) is -6.42. The van der Waals surface area contributed by atoms with Crippen LogP contribution < -0.4 is 5.32 Å². The molecule has 0 bridgehead atoms. The minimum atomic E-state index is -5.83. The van der Waals surface area contributed by atoms with Crippen LogP contribution in [0.5, 0.6) is 0 Å². The number of hydrogen-bond donors (Lipinski definition) is 2. The maximum Gasteiger partial charge on any atom is 0.534 e. The monoisotopic (exact) mass is 417 g/mol. The molecule has 0 spiro atoms. The summed E-state index contributed by atoms with van der Waals surface area (Å²) in [4.78, 5) is 22.7. The zero-order valence-electron chi connectivity index (χ0n) is 15.0. The van der Waals surface area contributed by atoms with Gasteiger partial charge >= 0.3 is 27.7 Å². The number of nitrogens with one attached hydrogen (secondary N) is 1. The second kappa shape index (κ2) is 8.36. The van der Waals surface area contributed by atoms with Crippen LogP contribution in [0.25, 0.3) is 0 Å². The lowest BCUT2D eigenvalue weighted by atomic mass is 9.85. The Labute approximate surface area is 154 Å². The first-order valence-electron chi connectivity index (χ1n) is 8.03. The van der Waals surface area contributed by atoms with E-state index in [1.807, 2.05) is 0 Å². The van der Waals surface area contributed by atoms with Gasteiger partial charge in [0.15, 0.2) is 0 Å². The normalized spacial score (nSPS) is 21.2. The molecular weight excluding hydrogens is 395 g/mol. The van der Waals surface area contributed by atoms with E-state index in [-0.39, 0.29) is 25.7 Å². The number of rotatable bonds is 6. The number of carboxylic acid groups (broad SMARTS) is 1. The van der Waals surface area contributed by atoms with Crippen molar-refractivity contribution >= 4 is 22.2 Å². The summed E-state index contributed by atoms with van der Waals surface area (Å²) in [7, 11) is -5.83. The van der Waals surface area contributed by atoms with E-state index in [9.17, 15) is 31.2 Å². The molecule has 2 N–H and O–H groups in total. The molecule has 156 valence electrons. The Morgan fingerprint density at radius 3 is 2.37 bits per heavy atom. The first kappa shape index (κ1) is 23.1. The molecule has 1 amide bonds. The lowest BCUT2D eigenvalue weighted by Crippen LogP contribution is -2.43. The number of aliphatic carboxylic acids is 1. The van der Waals surface area contributed by atoms with Gasteiger partial charge in [-0.05, 0) is 45.6 Å². The Morgan fingerprint density at radius 1 is 1.30 bits per heavy atom. The van der Waals surface area contributed by atoms with Crippen LogP contribution in [0.1, 0.15) is 46.5 Å². The molecule has 0 heterocycles. The van der Waals surface area contributed by atoms with Crippen LogP contribution in [-0.2, 0) is 23.8 Å². The summed E-state index contributed by atoms with van der Waals surface area (Å²) in [5.74, 6) is -1.98. The van der Waals surface area contributed by atoms with E-state index in [1.54, 1.807) is 20.8 Å². The highest BCUT2D eigenvalue weighted by Crippen LogP contribution is 2.33. The number of halogens is 3. The SMILES string of the molecule is CC(C)(C)OC(=O)N[C@@H]1C=C(OS(=O)(=O)C(F)(F)F)CCC1CCC(=O)O. The van der Waals surface area contributed by atoms with E-state index in [0.29, 0.717) is 0 Å². The molecule has 0 aromatic carbocycles. The van der Waals surface area contributed by atoms with Crippen LogP contribution in [0.2, 0.25) is 0 Å². The minimum Gasteiger partial charge on any atom is -0.481 e. The molecule has 27 heavy (non-hydrogen) atoms. The molecule has 0 saturated heterocycles. The van der Waals surface area contributed by atoms with Gasteiger partial charge in [-0.15, -0.1) is 0 Å². The molecule has 0 aromatic heterocycles. The number of ether oxygens (including phenoxy) is 1. The van der Waals surface area contributed by atoms with Gasteiger partial charge in [0.05, 0.1) is 6.04 Å². The third kappa shape index (κ3) is 7.65. The Balaban J connectivity index is 2.98. The van der Waals surface area contributed by atoms with Gasteiger partial charge in [-0.1, -0.05) is 0 Å². The lowest BCUT2D eigenvalue weighted by Gasteiger charge is -2.31. The third-order valence-electron chi connectivity index (χ3n) is 3.55. The Hall–Kier alpha value is -1.98. The van der Waals surface area contributed by atoms with Crippen molar-refractivity contribution in [3.8, 4) is 0 Å². The van der Waals surface area contributed by atoms with Gasteiger partial charge in [-0.25, -0.2) is 4.79 Å². The fourth-order valence-corrected chi connectivity index (χ4v) is 2.94. The summed E-state index contributed by atoms with van der Waals surface area (Å²) in [6, 6.07) is -0.939. The average Bonchev–Trinajstić information content (AvgIpc) is 2.42. The summed E-state index contributed by atoms with van der Waals surface area (Å²) >= 11 is 0. The van der Waals surface area contributed by atoms with Gasteiger partial charge in [0.25, 0.3) is 0 Å². The zero-order valence-corrected chi connectivity index (χ0v) is 15.8. The number of carbonyl (C=O) groups excluding carboxylic acids is 1.